The molecule has 2 aliphatic rings. The van der Waals surface area contributed by atoms with Crippen LogP contribution < -0.4 is 4.90 Å². The second-order valence-electron chi connectivity index (χ2n) is 7.00. The highest BCUT2D eigenvalue weighted by Crippen LogP contribution is 2.22. The smallest absolute Gasteiger partial charge is 0.409 e. The monoisotopic (exact) mass is 375 g/mol. The summed E-state index contributed by atoms with van der Waals surface area (Å²) in [7, 11) is 0. The SMILES string of the molecule is CCOC(=O)N1CCN(c2ncc(C(=O)N3CCCCC3CC)cn2)CC1. The highest BCUT2D eigenvalue weighted by atomic mass is 16.6. The first-order chi connectivity index (χ1) is 13.1. The van der Waals surface area contributed by atoms with E-state index in [1.165, 1.54) is 6.42 Å². The normalized spacial score (nSPS) is 20.5. The van der Waals surface area contributed by atoms with E-state index in [-0.39, 0.29) is 12.0 Å². The fourth-order valence-corrected chi connectivity index (χ4v) is 3.76. The number of hydrogen-bond donors (Lipinski definition) is 0. The lowest BCUT2D eigenvalue weighted by atomic mass is 9.99. The molecule has 0 aromatic carbocycles. The van der Waals surface area contributed by atoms with Crippen LogP contribution >= 0.6 is 0 Å². The van der Waals surface area contributed by atoms with Crippen molar-refractivity contribution in [1.82, 2.24) is 19.8 Å². The molecule has 0 radical (unpaired) electrons. The van der Waals surface area contributed by atoms with Crippen molar-refractivity contribution in [3.8, 4) is 0 Å². The van der Waals surface area contributed by atoms with Crippen LogP contribution in [-0.2, 0) is 4.74 Å². The molecular formula is C19H29N5O3. The van der Waals surface area contributed by atoms with E-state index in [9.17, 15) is 9.59 Å². The zero-order valence-electron chi connectivity index (χ0n) is 16.3. The minimum atomic E-state index is -0.272. The molecule has 0 aliphatic carbocycles. The van der Waals surface area contributed by atoms with Gasteiger partial charge in [0.05, 0.1) is 12.2 Å². The van der Waals surface area contributed by atoms with Gasteiger partial charge < -0.3 is 19.4 Å². The molecule has 0 spiro atoms. The summed E-state index contributed by atoms with van der Waals surface area (Å²) in [5, 5.41) is 0. The summed E-state index contributed by atoms with van der Waals surface area (Å²) in [6.45, 7) is 7.58. The molecule has 1 aromatic heterocycles. The van der Waals surface area contributed by atoms with Gasteiger partial charge in [-0.25, -0.2) is 14.8 Å². The zero-order chi connectivity index (χ0) is 19.2. The van der Waals surface area contributed by atoms with Crippen molar-refractivity contribution < 1.29 is 14.3 Å². The molecule has 148 valence electrons. The van der Waals surface area contributed by atoms with Crippen molar-refractivity contribution in [1.29, 1.82) is 0 Å². The van der Waals surface area contributed by atoms with Gasteiger partial charge in [0.15, 0.2) is 0 Å². The fourth-order valence-electron chi connectivity index (χ4n) is 3.76. The third-order valence-electron chi connectivity index (χ3n) is 5.33. The van der Waals surface area contributed by atoms with Gasteiger partial charge in [-0.3, -0.25) is 4.79 Å². The first-order valence-electron chi connectivity index (χ1n) is 9.93. The largest absolute Gasteiger partial charge is 0.450 e. The van der Waals surface area contributed by atoms with E-state index >= 15 is 0 Å². The van der Waals surface area contributed by atoms with Crippen molar-refractivity contribution >= 4 is 17.9 Å². The predicted molar refractivity (Wildman–Crippen MR) is 102 cm³/mol. The van der Waals surface area contributed by atoms with E-state index in [1.807, 2.05) is 9.80 Å². The average molecular weight is 375 g/mol. The van der Waals surface area contributed by atoms with E-state index in [2.05, 4.69) is 16.9 Å². The van der Waals surface area contributed by atoms with Crippen LogP contribution in [0.15, 0.2) is 12.4 Å². The number of hydrogen-bond acceptors (Lipinski definition) is 6. The van der Waals surface area contributed by atoms with Gasteiger partial charge >= 0.3 is 6.09 Å². The standard InChI is InChI=1S/C19H29N5O3/c1-3-16-7-5-6-8-24(16)17(25)15-13-20-18(21-14-15)22-9-11-23(12-10-22)19(26)27-4-2/h13-14,16H,3-12H2,1-2H3. The number of likely N-dealkylation sites (tertiary alicyclic amines) is 1. The van der Waals surface area contributed by atoms with Gasteiger partial charge in [0.2, 0.25) is 5.95 Å². The molecule has 0 N–H and O–H groups in total. The number of carbonyl (C=O) groups is 2. The Morgan fingerprint density at radius 3 is 2.41 bits per heavy atom. The maximum absolute atomic E-state index is 12.8. The van der Waals surface area contributed by atoms with Crippen LogP contribution in [0.3, 0.4) is 0 Å². The predicted octanol–water partition coefficient (Wildman–Crippen LogP) is 2.16. The zero-order valence-corrected chi connectivity index (χ0v) is 16.3. The van der Waals surface area contributed by atoms with E-state index in [4.69, 9.17) is 4.74 Å². The van der Waals surface area contributed by atoms with Crippen LogP contribution in [0.1, 0.15) is 49.9 Å². The average Bonchev–Trinajstić information content (AvgIpc) is 2.73. The fraction of sp³-hybridized carbons (Fsp3) is 0.684. The molecule has 8 nitrogen and oxygen atoms in total. The van der Waals surface area contributed by atoms with E-state index in [1.54, 1.807) is 24.2 Å². The molecule has 2 amide bonds. The lowest BCUT2D eigenvalue weighted by Gasteiger charge is -2.35. The van der Waals surface area contributed by atoms with Gasteiger partial charge in [-0.05, 0) is 32.6 Å². The van der Waals surface area contributed by atoms with Gasteiger partial charge in [0, 0.05) is 51.2 Å². The second-order valence-corrected chi connectivity index (χ2v) is 7.00. The Kier molecular flexibility index (Phi) is 6.47. The lowest BCUT2D eigenvalue weighted by Crippen LogP contribution is -2.49. The summed E-state index contributed by atoms with van der Waals surface area (Å²) in [4.78, 5) is 39.1. The number of carbonyl (C=O) groups excluding carboxylic acids is 2. The first-order valence-corrected chi connectivity index (χ1v) is 9.93. The molecule has 1 aromatic rings. The molecule has 8 heteroatoms. The number of aromatic nitrogens is 2. The summed E-state index contributed by atoms with van der Waals surface area (Å²) in [5.74, 6) is 0.626. The highest BCUT2D eigenvalue weighted by Gasteiger charge is 2.27. The van der Waals surface area contributed by atoms with Crippen molar-refractivity contribution in [2.45, 2.75) is 45.6 Å². The molecule has 1 unspecified atom stereocenters. The summed E-state index contributed by atoms with van der Waals surface area (Å²) >= 11 is 0. The van der Waals surface area contributed by atoms with E-state index in [0.717, 1.165) is 25.8 Å². The summed E-state index contributed by atoms with van der Waals surface area (Å²) < 4.78 is 5.03. The molecule has 0 saturated carbocycles. The Labute approximate surface area is 160 Å². The van der Waals surface area contributed by atoms with E-state index < -0.39 is 0 Å². The maximum Gasteiger partial charge on any atom is 0.409 e. The molecule has 2 saturated heterocycles. The molecular weight excluding hydrogens is 346 g/mol. The third kappa shape index (κ3) is 4.48. The van der Waals surface area contributed by atoms with Crippen LogP contribution in [0.2, 0.25) is 0 Å². The van der Waals surface area contributed by atoms with Gasteiger partial charge in [0.25, 0.3) is 5.91 Å². The number of nitrogens with zero attached hydrogens (tertiary/aromatic N) is 5. The molecule has 3 rings (SSSR count). The summed E-state index contributed by atoms with van der Waals surface area (Å²) in [5.41, 5.74) is 0.546. The van der Waals surface area contributed by atoms with E-state index in [0.29, 0.717) is 50.3 Å². The Bertz CT molecular complexity index is 643. The summed E-state index contributed by atoms with van der Waals surface area (Å²) in [6.07, 6.45) is 7.29. The molecule has 27 heavy (non-hydrogen) atoms. The molecule has 2 fully saturated rings. The van der Waals surface area contributed by atoms with Crippen molar-refractivity contribution in [2.24, 2.45) is 0 Å². The van der Waals surface area contributed by atoms with Crippen molar-refractivity contribution in [2.75, 3.05) is 44.2 Å². The number of amides is 2. The maximum atomic E-state index is 12.8. The van der Waals surface area contributed by atoms with Crippen LogP contribution in [0.4, 0.5) is 10.7 Å². The highest BCUT2D eigenvalue weighted by molar-refractivity contribution is 5.94. The Balaban J connectivity index is 1.59. The topological polar surface area (TPSA) is 78.9 Å². The van der Waals surface area contributed by atoms with Gasteiger partial charge in [-0.2, -0.15) is 0 Å². The minimum absolute atomic E-state index is 0.0280. The number of piperidine rings is 1. The molecule has 3 heterocycles. The van der Waals surface area contributed by atoms with Crippen LogP contribution in [-0.4, -0.2) is 77.1 Å². The Morgan fingerprint density at radius 2 is 1.78 bits per heavy atom. The number of anilines is 1. The molecule has 0 bridgehead atoms. The first kappa shape index (κ1) is 19.4. The van der Waals surface area contributed by atoms with Crippen LogP contribution in [0.25, 0.3) is 0 Å². The third-order valence-corrected chi connectivity index (χ3v) is 5.33. The van der Waals surface area contributed by atoms with Gasteiger partial charge in [0.1, 0.15) is 0 Å². The number of ether oxygens (including phenoxy) is 1. The number of rotatable bonds is 4. The second kappa shape index (κ2) is 9.01. The Hall–Kier alpha value is -2.38. The minimum Gasteiger partial charge on any atom is -0.450 e. The quantitative estimate of drug-likeness (QED) is 0.802. The number of piperazine rings is 1. The van der Waals surface area contributed by atoms with Gasteiger partial charge in [-0.15, -0.1) is 0 Å². The van der Waals surface area contributed by atoms with Crippen LogP contribution in [0, 0.1) is 0 Å². The summed E-state index contributed by atoms with van der Waals surface area (Å²) in [6, 6.07) is 0.321. The van der Waals surface area contributed by atoms with Crippen molar-refractivity contribution in [3.63, 3.8) is 0 Å². The van der Waals surface area contributed by atoms with Crippen molar-refractivity contribution in [3.05, 3.63) is 18.0 Å². The lowest BCUT2D eigenvalue weighted by molar-refractivity contribution is 0.0607. The molecule has 1 atom stereocenters. The van der Waals surface area contributed by atoms with Gasteiger partial charge in [-0.1, -0.05) is 6.92 Å². The molecule has 2 aliphatic heterocycles. The van der Waals surface area contributed by atoms with Crippen LogP contribution in [0.5, 0.6) is 0 Å². The Morgan fingerprint density at radius 1 is 1.07 bits per heavy atom.